The highest BCUT2D eigenvalue weighted by molar-refractivity contribution is 7.99. The van der Waals surface area contributed by atoms with E-state index in [2.05, 4.69) is 52.1 Å². The van der Waals surface area contributed by atoms with Crippen molar-refractivity contribution in [2.75, 3.05) is 86.3 Å². The third kappa shape index (κ3) is 10.3. The number of benzene rings is 1. The van der Waals surface area contributed by atoms with Crippen LogP contribution < -0.4 is 31.9 Å². The largest absolute Gasteiger partial charge is 0.384 e. The zero-order valence-corrected chi connectivity index (χ0v) is 36.4. The van der Waals surface area contributed by atoms with Gasteiger partial charge in [0.15, 0.2) is 5.82 Å². The normalized spacial score (nSPS) is 24.3. The smallest absolute Gasteiger partial charge is 0.234 e. The fourth-order valence-electron chi connectivity index (χ4n) is 9.48. The summed E-state index contributed by atoms with van der Waals surface area (Å²) in [7, 11) is 0. The number of carbonyl (C=O) groups is 3. The number of aromatic nitrogens is 3. The predicted octanol–water partition coefficient (Wildman–Crippen LogP) is 5.38. The van der Waals surface area contributed by atoms with Crippen LogP contribution in [0.15, 0.2) is 52.6 Å². The second-order valence-electron chi connectivity index (χ2n) is 17.9. The highest BCUT2D eigenvalue weighted by Crippen LogP contribution is 2.40. The van der Waals surface area contributed by atoms with Crippen LogP contribution in [0.4, 0.5) is 23.1 Å². The Kier molecular flexibility index (Phi) is 13.3. The van der Waals surface area contributed by atoms with Crippen molar-refractivity contribution in [3.8, 4) is 0 Å². The quantitative estimate of drug-likeness (QED) is 0.181. The van der Waals surface area contributed by atoms with Crippen LogP contribution in [0.3, 0.4) is 0 Å². The van der Waals surface area contributed by atoms with E-state index < -0.39 is 0 Å². The van der Waals surface area contributed by atoms with Gasteiger partial charge in [0.1, 0.15) is 16.7 Å². The first-order valence-electron chi connectivity index (χ1n) is 21.9. The second kappa shape index (κ2) is 18.8. The monoisotopic (exact) mass is 857 g/mol. The number of nitrogens with zero attached hydrogens (tertiary/aromatic N) is 7. The molecule has 6 N–H and O–H groups in total. The zero-order valence-electron chi connectivity index (χ0n) is 34.8. The maximum absolute atomic E-state index is 13.6. The van der Waals surface area contributed by atoms with Crippen molar-refractivity contribution in [3.63, 3.8) is 0 Å². The lowest BCUT2D eigenvalue weighted by molar-refractivity contribution is -0.139. The molecule has 1 aliphatic carbocycles. The van der Waals surface area contributed by atoms with Gasteiger partial charge in [-0.25, -0.2) is 15.0 Å². The molecule has 5 fully saturated rings. The number of halogens is 1. The van der Waals surface area contributed by atoms with Crippen molar-refractivity contribution in [1.82, 2.24) is 30.1 Å². The third-order valence-corrected chi connectivity index (χ3v) is 15.1. The van der Waals surface area contributed by atoms with E-state index in [0.717, 1.165) is 145 Å². The van der Waals surface area contributed by atoms with Gasteiger partial charge in [0.05, 0.1) is 22.8 Å². The first-order valence-corrected chi connectivity index (χ1v) is 23.1. The van der Waals surface area contributed by atoms with Crippen molar-refractivity contribution in [1.29, 1.82) is 0 Å². The molecule has 60 heavy (non-hydrogen) atoms. The van der Waals surface area contributed by atoms with Gasteiger partial charge in [0.25, 0.3) is 0 Å². The highest BCUT2D eigenvalue weighted by Gasteiger charge is 2.33. The number of nitrogens with two attached hydrogens (primary N) is 2. The lowest BCUT2D eigenvalue weighted by Gasteiger charge is -2.40. The first-order chi connectivity index (χ1) is 29.0. The number of anilines is 4. The molecular weight excluding hydrogens is 798 g/mol. The number of rotatable bonds is 11. The third-order valence-electron chi connectivity index (χ3n) is 13.5. The molecule has 0 bridgehead atoms. The van der Waals surface area contributed by atoms with Crippen molar-refractivity contribution in [3.05, 3.63) is 53.3 Å². The topological polar surface area (TPSA) is 179 Å². The Hall–Kier alpha value is -4.18. The molecular formula is C44H60ClN11O3S. The van der Waals surface area contributed by atoms with Gasteiger partial charge in [0, 0.05) is 94.4 Å². The summed E-state index contributed by atoms with van der Waals surface area (Å²) in [6.07, 6.45) is 12.4. The number of carbonyl (C=O) groups excluding carboxylic acids is 3. The molecule has 6 heterocycles. The van der Waals surface area contributed by atoms with E-state index in [0.29, 0.717) is 46.5 Å². The Morgan fingerprint density at radius 3 is 2.30 bits per heavy atom. The second-order valence-corrected chi connectivity index (χ2v) is 19.3. The minimum absolute atomic E-state index is 0.112. The number of nitrogens with one attached hydrogen (secondary N) is 2. The fourth-order valence-corrected chi connectivity index (χ4v) is 10.6. The van der Waals surface area contributed by atoms with Crippen molar-refractivity contribution < 1.29 is 14.4 Å². The van der Waals surface area contributed by atoms with Crippen LogP contribution in [0, 0.1) is 17.8 Å². The number of piperidine rings is 3. The summed E-state index contributed by atoms with van der Waals surface area (Å²) >= 11 is 8.34. The molecule has 1 saturated carbocycles. The number of hydrogen-bond acceptors (Lipinski definition) is 13. The number of pyridine rings is 1. The van der Waals surface area contributed by atoms with Crippen LogP contribution >= 0.6 is 23.4 Å². The van der Waals surface area contributed by atoms with Gasteiger partial charge >= 0.3 is 0 Å². The van der Waals surface area contributed by atoms with Crippen molar-refractivity contribution in [2.24, 2.45) is 23.5 Å². The molecule has 1 aromatic carbocycles. The summed E-state index contributed by atoms with van der Waals surface area (Å²) in [6, 6.07) is 9.98. The van der Waals surface area contributed by atoms with Crippen LogP contribution in [0.25, 0.3) is 0 Å². The molecule has 5 aliphatic rings. The predicted molar refractivity (Wildman–Crippen MR) is 237 cm³/mol. The molecule has 14 nitrogen and oxygen atoms in total. The van der Waals surface area contributed by atoms with Crippen molar-refractivity contribution >= 4 is 64.2 Å². The Morgan fingerprint density at radius 1 is 0.883 bits per heavy atom. The molecule has 3 aromatic rings. The Labute approximate surface area is 362 Å². The molecule has 16 heteroatoms. The Morgan fingerprint density at radius 2 is 1.62 bits per heavy atom. The first kappa shape index (κ1) is 42.5. The Balaban J connectivity index is 0.728. The number of amides is 3. The van der Waals surface area contributed by atoms with E-state index in [9.17, 15) is 14.4 Å². The molecule has 0 radical (unpaired) electrons. The van der Waals surface area contributed by atoms with Crippen LogP contribution in [-0.4, -0.2) is 113 Å². The maximum Gasteiger partial charge on any atom is 0.234 e. The van der Waals surface area contributed by atoms with Crippen LogP contribution in [-0.2, 0) is 14.4 Å². The summed E-state index contributed by atoms with van der Waals surface area (Å²) < 4.78 is 0. The summed E-state index contributed by atoms with van der Waals surface area (Å²) in [6.45, 7) is 11.1. The van der Waals surface area contributed by atoms with Crippen LogP contribution in [0.5, 0.6) is 0 Å². The van der Waals surface area contributed by atoms with Gasteiger partial charge in [-0.05, 0) is 100 Å². The molecule has 8 rings (SSSR count). The SMILES string of the molecule is CC1(N)CCN(c2cnc(Sc3cccc(NCC4CCC(C(=O)N5CCN(CC6CCN(c7ccc(C8CCC(=O)NC8=O)cn7)CC6)CC5)CC4)c3Cl)c(N)n2)CC1. The minimum atomic E-state index is -0.307. The average molecular weight is 859 g/mol. The minimum Gasteiger partial charge on any atom is -0.384 e. The van der Waals surface area contributed by atoms with Crippen LogP contribution in [0.1, 0.15) is 82.6 Å². The Bertz CT molecular complexity index is 1990. The van der Waals surface area contributed by atoms with Gasteiger partial charge in [-0.1, -0.05) is 35.5 Å². The standard InChI is InChI=1S/C44H60ClN11O3S/c1-44(47)15-19-55(20-16-44)37-27-50-42(40(46)51-37)60-35-4-2-3-34(39(35)45)48-25-29-5-7-31(8-6-29)43(59)56-23-21-53(22-24-56)28-30-13-17-54(18-14-30)36-11-9-32(26-49-36)33-10-12-38(57)52-41(33)58/h2-4,9,11,26-27,29-31,33,48H,5-8,10,12-25,28,47H2,1H3,(H2,46,51)(H,52,57,58). The van der Waals surface area contributed by atoms with Gasteiger partial charge in [0.2, 0.25) is 17.7 Å². The molecule has 322 valence electrons. The summed E-state index contributed by atoms with van der Waals surface area (Å²) in [5, 5.41) is 7.31. The van der Waals surface area contributed by atoms with E-state index in [-0.39, 0.29) is 29.2 Å². The van der Waals surface area contributed by atoms with Gasteiger partial charge < -0.3 is 31.5 Å². The van der Waals surface area contributed by atoms with Gasteiger partial charge in [-0.3, -0.25) is 24.6 Å². The maximum atomic E-state index is 13.6. The van der Waals surface area contributed by atoms with E-state index in [4.69, 9.17) is 23.1 Å². The lowest BCUT2D eigenvalue weighted by atomic mass is 9.81. The van der Waals surface area contributed by atoms with Crippen molar-refractivity contribution in [2.45, 2.75) is 92.5 Å². The fraction of sp³-hybridized carbons (Fsp3) is 0.591. The molecule has 4 aliphatic heterocycles. The van der Waals surface area contributed by atoms with Gasteiger partial charge in [-0.2, -0.15) is 0 Å². The number of hydrogen-bond donors (Lipinski definition) is 4. The van der Waals surface area contributed by atoms with E-state index in [1.807, 2.05) is 30.3 Å². The molecule has 2 aromatic heterocycles. The van der Waals surface area contributed by atoms with Crippen LogP contribution in [0.2, 0.25) is 5.02 Å². The number of piperazine rings is 1. The van der Waals surface area contributed by atoms with E-state index in [1.165, 1.54) is 11.8 Å². The zero-order chi connectivity index (χ0) is 41.8. The molecule has 1 unspecified atom stereocenters. The number of imide groups is 1. The highest BCUT2D eigenvalue weighted by atomic mass is 35.5. The lowest BCUT2D eigenvalue weighted by Crippen LogP contribution is -2.52. The number of nitrogen functional groups attached to an aromatic ring is 1. The summed E-state index contributed by atoms with van der Waals surface area (Å²) in [5.74, 6) is 2.95. The van der Waals surface area contributed by atoms with Gasteiger partial charge in [-0.15, -0.1) is 0 Å². The molecule has 3 amide bonds. The summed E-state index contributed by atoms with van der Waals surface area (Å²) in [4.78, 5) is 61.5. The summed E-state index contributed by atoms with van der Waals surface area (Å²) in [5.41, 5.74) is 14.3. The molecule has 4 saturated heterocycles. The van der Waals surface area contributed by atoms with E-state index in [1.54, 1.807) is 12.4 Å². The average Bonchev–Trinajstić information content (AvgIpc) is 3.25. The van der Waals surface area contributed by atoms with E-state index >= 15 is 0 Å². The molecule has 0 spiro atoms. The molecule has 1 atom stereocenters.